The Labute approximate surface area is 145 Å². The highest BCUT2D eigenvalue weighted by molar-refractivity contribution is 5.88. The zero-order chi connectivity index (χ0) is 17.2. The number of fused-ring (bicyclic) bond motifs is 1. The molecule has 0 bridgehead atoms. The first kappa shape index (κ1) is 15.6. The number of hydrogen-bond donors (Lipinski definition) is 2. The number of H-pyrrole nitrogens is 1. The zero-order valence-corrected chi connectivity index (χ0v) is 13.7. The summed E-state index contributed by atoms with van der Waals surface area (Å²) in [6.07, 6.45) is 2.42. The molecule has 5 nitrogen and oxygen atoms in total. The average molecular weight is 333 g/mol. The van der Waals surface area contributed by atoms with Gasteiger partial charge in [-0.15, -0.1) is 0 Å². The molecule has 1 unspecified atom stereocenters. The molecule has 0 radical (unpaired) electrons. The summed E-state index contributed by atoms with van der Waals surface area (Å²) in [5.74, 6) is 0.428. The van der Waals surface area contributed by atoms with E-state index in [2.05, 4.69) is 27.6 Å². The van der Waals surface area contributed by atoms with Gasteiger partial charge in [0.25, 0.3) is 5.56 Å². The van der Waals surface area contributed by atoms with Gasteiger partial charge in [0.1, 0.15) is 0 Å². The van der Waals surface area contributed by atoms with Gasteiger partial charge in [-0.25, -0.2) is 5.10 Å². The van der Waals surface area contributed by atoms with Crippen LogP contribution in [0.3, 0.4) is 0 Å². The molecule has 1 aliphatic rings. The molecule has 0 saturated heterocycles. The summed E-state index contributed by atoms with van der Waals surface area (Å²) in [7, 11) is 0. The Bertz CT molecular complexity index is 961. The van der Waals surface area contributed by atoms with Crippen LogP contribution in [0.1, 0.15) is 30.1 Å². The Morgan fingerprint density at radius 3 is 2.48 bits per heavy atom. The van der Waals surface area contributed by atoms with Crippen molar-refractivity contribution in [2.45, 2.75) is 25.3 Å². The second-order valence-electron chi connectivity index (χ2n) is 6.52. The number of rotatable bonds is 5. The minimum absolute atomic E-state index is 0.0442. The van der Waals surface area contributed by atoms with Crippen LogP contribution in [-0.2, 0) is 11.2 Å². The van der Waals surface area contributed by atoms with Crippen molar-refractivity contribution in [1.29, 1.82) is 0 Å². The van der Waals surface area contributed by atoms with Gasteiger partial charge in [0.15, 0.2) is 0 Å². The van der Waals surface area contributed by atoms with E-state index >= 15 is 0 Å². The van der Waals surface area contributed by atoms with E-state index in [4.69, 9.17) is 0 Å². The van der Waals surface area contributed by atoms with E-state index in [9.17, 15) is 9.59 Å². The number of nitrogens with zero attached hydrogens (tertiary/aromatic N) is 1. The molecule has 1 saturated carbocycles. The first-order valence-corrected chi connectivity index (χ1v) is 8.53. The van der Waals surface area contributed by atoms with E-state index in [1.807, 2.05) is 30.3 Å². The van der Waals surface area contributed by atoms with Crippen molar-refractivity contribution in [2.75, 3.05) is 0 Å². The van der Waals surface area contributed by atoms with Gasteiger partial charge in [-0.2, -0.15) is 5.10 Å². The van der Waals surface area contributed by atoms with Crippen molar-refractivity contribution in [3.05, 3.63) is 76.2 Å². The maximum atomic E-state index is 12.6. The van der Waals surface area contributed by atoms with Crippen molar-refractivity contribution >= 4 is 16.7 Å². The summed E-state index contributed by atoms with van der Waals surface area (Å²) in [6, 6.07) is 17.3. The molecule has 2 aromatic carbocycles. The van der Waals surface area contributed by atoms with Crippen molar-refractivity contribution < 1.29 is 4.79 Å². The van der Waals surface area contributed by atoms with E-state index in [1.165, 1.54) is 0 Å². The van der Waals surface area contributed by atoms with E-state index in [0.29, 0.717) is 17.0 Å². The number of benzene rings is 2. The van der Waals surface area contributed by atoms with Crippen molar-refractivity contribution in [3.8, 4) is 0 Å². The summed E-state index contributed by atoms with van der Waals surface area (Å²) < 4.78 is 0. The number of hydrogen-bond acceptors (Lipinski definition) is 3. The van der Waals surface area contributed by atoms with Crippen molar-refractivity contribution in [2.24, 2.45) is 5.92 Å². The summed E-state index contributed by atoms with van der Waals surface area (Å²) in [4.78, 5) is 24.5. The molecular weight excluding hydrogens is 314 g/mol. The maximum Gasteiger partial charge on any atom is 0.272 e. The van der Waals surface area contributed by atoms with Crippen LogP contribution in [0, 0.1) is 5.92 Å². The highest BCUT2D eigenvalue weighted by Crippen LogP contribution is 2.40. The minimum atomic E-state index is -0.236. The monoisotopic (exact) mass is 333 g/mol. The third-order valence-electron chi connectivity index (χ3n) is 4.67. The lowest BCUT2D eigenvalue weighted by atomic mass is 10.0. The molecule has 25 heavy (non-hydrogen) atoms. The molecular formula is C20H19N3O2. The molecule has 1 fully saturated rings. The molecule has 4 rings (SSSR count). The minimum Gasteiger partial charge on any atom is -0.349 e. The van der Waals surface area contributed by atoms with Crippen LogP contribution in [0.2, 0.25) is 0 Å². The molecule has 0 aliphatic heterocycles. The molecule has 2 N–H and O–H groups in total. The Morgan fingerprint density at radius 2 is 1.76 bits per heavy atom. The standard InChI is InChI=1S/C20H19N3O2/c24-18(21-19(14-10-11-14)13-6-2-1-3-7-13)12-17-15-8-4-5-9-16(15)20(25)23-22-17/h1-9,14,19H,10-12H2,(H,21,24)(H,23,25). The van der Waals surface area contributed by atoms with E-state index in [1.54, 1.807) is 12.1 Å². The Balaban J connectivity index is 1.56. The van der Waals surface area contributed by atoms with Crippen LogP contribution in [0.4, 0.5) is 0 Å². The molecule has 5 heteroatoms. The summed E-state index contributed by atoms with van der Waals surface area (Å²) >= 11 is 0. The van der Waals surface area contributed by atoms with Gasteiger partial charge >= 0.3 is 0 Å². The molecule has 1 atom stereocenters. The SMILES string of the molecule is O=C(Cc1n[nH]c(=O)c2ccccc12)NC(c1ccccc1)C1CC1. The fourth-order valence-corrected chi connectivity index (χ4v) is 3.25. The first-order valence-electron chi connectivity index (χ1n) is 8.53. The van der Waals surface area contributed by atoms with Gasteiger partial charge in [0.2, 0.25) is 5.91 Å². The predicted octanol–water partition coefficient (Wildman–Crippen LogP) is 2.73. The zero-order valence-electron chi connectivity index (χ0n) is 13.7. The van der Waals surface area contributed by atoms with Crippen LogP contribution in [0.15, 0.2) is 59.4 Å². The molecule has 1 amide bonds. The topological polar surface area (TPSA) is 74.8 Å². The molecule has 126 valence electrons. The second-order valence-corrected chi connectivity index (χ2v) is 6.52. The second kappa shape index (κ2) is 6.51. The molecule has 1 aliphatic carbocycles. The van der Waals surface area contributed by atoms with Gasteiger partial charge in [-0.1, -0.05) is 48.5 Å². The fourth-order valence-electron chi connectivity index (χ4n) is 3.25. The van der Waals surface area contributed by atoms with Gasteiger partial charge in [-0.05, 0) is 30.4 Å². The highest BCUT2D eigenvalue weighted by atomic mass is 16.1. The summed E-state index contributed by atoms with van der Waals surface area (Å²) in [5.41, 5.74) is 1.49. The summed E-state index contributed by atoms with van der Waals surface area (Å²) in [6.45, 7) is 0. The fraction of sp³-hybridized carbons (Fsp3) is 0.250. The van der Waals surface area contributed by atoms with E-state index < -0.39 is 0 Å². The normalized spacial score (nSPS) is 15.0. The van der Waals surface area contributed by atoms with Crippen LogP contribution in [0.5, 0.6) is 0 Å². The quantitative estimate of drug-likeness (QED) is 0.754. The first-order chi connectivity index (χ1) is 12.2. The lowest BCUT2D eigenvalue weighted by molar-refractivity contribution is -0.121. The number of carbonyl (C=O) groups excluding carboxylic acids is 1. The Hall–Kier alpha value is -2.95. The average Bonchev–Trinajstić information content (AvgIpc) is 3.48. The lowest BCUT2D eigenvalue weighted by Gasteiger charge is -2.19. The Morgan fingerprint density at radius 1 is 1.08 bits per heavy atom. The van der Waals surface area contributed by atoms with Gasteiger partial charge in [-0.3, -0.25) is 9.59 Å². The number of nitrogens with one attached hydrogen (secondary N) is 2. The van der Waals surface area contributed by atoms with Gasteiger partial charge < -0.3 is 5.32 Å². The lowest BCUT2D eigenvalue weighted by Crippen LogP contribution is -2.31. The van der Waals surface area contributed by atoms with Crippen molar-refractivity contribution in [1.82, 2.24) is 15.5 Å². The number of aromatic nitrogens is 2. The van der Waals surface area contributed by atoms with Gasteiger partial charge in [0.05, 0.1) is 23.5 Å². The van der Waals surface area contributed by atoms with Crippen molar-refractivity contribution in [3.63, 3.8) is 0 Å². The van der Waals surface area contributed by atoms with Crippen LogP contribution in [0.25, 0.3) is 10.8 Å². The number of amides is 1. The van der Waals surface area contributed by atoms with E-state index in [0.717, 1.165) is 23.8 Å². The smallest absolute Gasteiger partial charge is 0.272 e. The number of aromatic amines is 1. The van der Waals surface area contributed by atoms with E-state index in [-0.39, 0.29) is 23.9 Å². The van der Waals surface area contributed by atoms with Crippen LogP contribution >= 0.6 is 0 Å². The number of carbonyl (C=O) groups is 1. The molecule has 1 heterocycles. The third kappa shape index (κ3) is 3.31. The molecule has 0 spiro atoms. The van der Waals surface area contributed by atoms with Gasteiger partial charge in [0, 0.05) is 5.39 Å². The molecule has 1 aromatic heterocycles. The predicted molar refractivity (Wildman–Crippen MR) is 96.1 cm³/mol. The maximum absolute atomic E-state index is 12.6. The summed E-state index contributed by atoms with van der Waals surface area (Å²) in [5, 5.41) is 11.0. The van der Waals surface area contributed by atoms with Crippen LogP contribution < -0.4 is 10.9 Å². The Kier molecular flexibility index (Phi) is 4.06. The highest BCUT2D eigenvalue weighted by Gasteiger charge is 2.33. The van der Waals surface area contributed by atoms with Crippen LogP contribution in [-0.4, -0.2) is 16.1 Å². The molecule has 3 aromatic rings. The third-order valence-corrected chi connectivity index (χ3v) is 4.67. The largest absolute Gasteiger partial charge is 0.349 e.